The number of methoxy groups -OCH3 is 1. The summed E-state index contributed by atoms with van der Waals surface area (Å²) in [7, 11) is 1.43. The van der Waals surface area contributed by atoms with Gasteiger partial charge in [0.1, 0.15) is 51.9 Å². The van der Waals surface area contributed by atoms with Gasteiger partial charge >= 0.3 is 0 Å². The molecule has 2 unspecified atom stereocenters. The zero-order valence-corrected chi connectivity index (χ0v) is 27.8. The number of rotatable bonds is 9. The number of phenols is 5. The lowest BCUT2D eigenvalue weighted by atomic mass is 9.68. The van der Waals surface area contributed by atoms with Crippen molar-refractivity contribution in [2.75, 3.05) is 7.11 Å². The van der Waals surface area contributed by atoms with Crippen molar-refractivity contribution in [2.24, 2.45) is 5.92 Å². The van der Waals surface area contributed by atoms with Gasteiger partial charge in [-0.3, -0.25) is 4.79 Å². The SMILES string of the molecule is COc1cc(O)c2c(c1C(=O)/C=C/c1ccc(O)cc1)O[C@@H](c1ccc(O)cc1)C1C(c3ccc(O)cc3)O[C@@H](CCc3ccc(O)cc3)C[C@@H]21. The number of aromatic hydroxyl groups is 5. The van der Waals surface area contributed by atoms with Crippen LogP contribution in [0.4, 0.5) is 0 Å². The average molecular weight is 687 g/mol. The van der Waals surface area contributed by atoms with E-state index in [0.717, 1.165) is 16.7 Å². The van der Waals surface area contributed by atoms with Crippen LogP contribution in [0.3, 0.4) is 0 Å². The molecule has 5 aromatic carbocycles. The maximum absolute atomic E-state index is 14.1. The number of fused-ring (bicyclic) bond motifs is 3. The Balaban J connectivity index is 1.36. The first-order valence-corrected chi connectivity index (χ1v) is 16.8. The molecular formula is C42H38O9. The Hall–Kier alpha value is -5.93. The van der Waals surface area contributed by atoms with Crippen molar-refractivity contribution >= 4 is 11.9 Å². The minimum Gasteiger partial charge on any atom is -0.508 e. The first-order valence-electron chi connectivity index (χ1n) is 16.8. The second kappa shape index (κ2) is 14.1. The molecule has 5 atom stereocenters. The number of carbonyl (C=O) groups excluding carboxylic acids is 1. The van der Waals surface area contributed by atoms with Gasteiger partial charge in [-0.05, 0) is 96.1 Å². The second-order valence-corrected chi connectivity index (χ2v) is 13.0. The summed E-state index contributed by atoms with van der Waals surface area (Å²) in [5, 5.41) is 51.5. The summed E-state index contributed by atoms with van der Waals surface area (Å²) < 4.78 is 19.4. The lowest BCUT2D eigenvalue weighted by Crippen LogP contribution is -2.42. The van der Waals surface area contributed by atoms with Crippen LogP contribution in [0.1, 0.15) is 69.1 Å². The van der Waals surface area contributed by atoms with E-state index in [4.69, 9.17) is 14.2 Å². The molecule has 2 heterocycles. The fourth-order valence-electron chi connectivity index (χ4n) is 7.34. The largest absolute Gasteiger partial charge is 0.508 e. The third-order valence-corrected chi connectivity index (χ3v) is 9.82. The predicted octanol–water partition coefficient (Wildman–Crippen LogP) is 8.12. The van der Waals surface area contributed by atoms with Gasteiger partial charge in [0.2, 0.25) is 0 Å². The highest BCUT2D eigenvalue weighted by Gasteiger charge is 2.51. The number of benzene rings is 5. The van der Waals surface area contributed by atoms with E-state index in [1.165, 1.54) is 31.4 Å². The molecule has 2 aliphatic heterocycles. The summed E-state index contributed by atoms with van der Waals surface area (Å²) in [6.07, 6.45) is 3.36. The third-order valence-electron chi connectivity index (χ3n) is 9.82. The minimum atomic E-state index is -0.681. The molecule has 9 heteroatoms. The van der Waals surface area contributed by atoms with Crippen LogP contribution in [-0.4, -0.2) is 44.5 Å². The van der Waals surface area contributed by atoms with Crippen LogP contribution >= 0.6 is 0 Å². The van der Waals surface area contributed by atoms with E-state index >= 15 is 0 Å². The highest BCUT2D eigenvalue weighted by atomic mass is 16.5. The Kier molecular flexibility index (Phi) is 9.30. The predicted molar refractivity (Wildman–Crippen MR) is 191 cm³/mol. The number of aryl methyl sites for hydroxylation is 1. The quantitative estimate of drug-likeness (QED) is 0.0767. The van der Waals surface area contributed by atoms with E-state index in [2.05, 4.69) is 0 Å². The summed E-state index contributed by atoms with van der Waals surface area (Å²) in [5.41, 5.74) is 3.94. The maximum Gasteiger partial charge on any atom is 0.193 e. The summed E-state index contributed by atoms with van der Waals surface area (Å²) in [6.45, 7) is 0. The van der Waals surface area contributed by atoms with Crippen LogP contribution < -0.4 is 9.47 Å². The van der Waals surface area contributed by atoms with Crippen molar-refractivity contribution < 1.29 is 44.5 Å². The zero-order chi connectivity index (χ0) is 35.6. The molecule has 1 fully saturated rings. The average Bonchev–Trinajstić information content (AvgIpc) is 3.14. The summed E-state index contributed by atoms with van der Waals surface area (Å²) in [4.78, 5) is 14.1. The second-order valence-electron chi connectivity index (χ2n) is 13.0. The number of carbonyl (C=O) groups is 1. The molecule has 0 spiro atoms. The molecule has 51 heavy (non-hydrogen) atoms. The lowest BCUT2D eigenvalue weighted by molar-refractivity contribution is -0.134. The Morgan fingerprint density at radius 1 is 0.765 bits per heavy atom. The third kappa shape index (κ3) is 6.93. The number of phenolic OH excluding ortho intramolecular Hbond substituents is 5. The molecule has 0 bridgehead atoms. The Morgan fingerprint density at radius 2 is 1.31 bits per heavy atom. The van der Waals surface area contributed by atoms with Crippen molar-refractivity contribution in [2.45, 2.75) is 43.5 Å². The van der Waals surface area contributed by atoms with Gasteiger partial charge in [-0.15, -0.1) is 0 Å². The Labute approximate surface area is 295 Å². The van der Waals surface area contributed by atoms with Crippen LogP contribution in [0.2, 0.25) is 0 Å². The summed E-state index contributed by atoms with van der Waals surface area (Å²) >= 11 is 0. The first-order chi connectivity index (χ1) is 24.7. The van der Waals surface area contributed by atoms with E-state index in [1.807, 2.05) is 24.3 Å². The Morgan fingerprint density at radius 3 is 1.90 bits per heavy atom. The van der Waals surface area contributed by atoms with Gasteiger partial charge in [0.15, 0.2) is 5.78 Å². The molecule has 2 aliphatic rings. The van der Waals surface area contributed by atoms with Gasteiger partial charge in [-0.1, -0.05) is 54.6 Å². The normalized spacial score (nSPS) is 21.0. The molecule has 0 amide bonds. The molecule has 0 saturated carbocycles. The molecule has 260 valence electrons. The van der Waals surface area contributed by atoms with Crippen LogP contribution in [0, 0.1) is 5.92 Å². The molecule has 9 nitrogen and oxygen atoms in total. The fourth-order valence-corrected chi connectivity index (χ4v) is 7.34. The number of ketones is 1. The fraction of sp³-hybridized carbons (Fsp3) is 0.214. The lowest BCUT2D eigenvalue weighted by Gasteiger charge is -2.49. The molecular weight excluding hydrogens is 648 g/mol. The molecule has 0 aromatic heterocycles. The summed E-state index contributed by atoms with van der Waals surface area (Å²) in [5.74, 6) is -0.344. The molecule has 1 saturated heterocycles. The van der Waals surface area contributed by atoms with Crippen molar-refractivity contribution in [3.63, 3.8) is 0 Å². The van der Waals surface area contributed by atoms with Crippen LogP contribution in [0.5, 0.6) is 40.2 Å². The number of ether oxygens (including phenoxy) is 3. The summed E-state index contributed by atoms with van der Waals surface area (Å²) in [6, 6.07) is 28.6. The van der Waals surface area contributed by atoms with Gasteiger partial charge in [0.25, 0.3) is 0 Å². The first kappa shape index (κ1) is 33.6. The van der Waals surface area contributed by atoms with E-state index in [1.54, 1.807) is 66.7 Å². The van der Waals surface area contributed by atoms with Crippen molar-refractivity contribution in [1.29, 1.82) is 0 Å². The van der Waals surface area contributed by atoms with Gasteiger partial charge in [-0.25, -0.2) is 0 Å². The van der Waals surface area contributed by atoms with E-state index in [0.29, 0.717) is 30.4 Å². The molecule has 5 aromatic rings. The van der Waals surface area contributed by atoms with Crippen molar-refractivity contribution in [3.05, 3.63) is 143 Å². The molecule has 0 aliphatic carbocycles. The topological polar surface area (TPSA) is 146 Å². The minimum absolute atomic E-state index is 0.0660. The molecule has 5 N–H and O–H groups in total. The smallest absolute Gasteiger partial charge is 0.193 e. The van der Waals surface area contributed by atoms with Crippen LogP contribution in [0.15, 0.2) is 109 Å². The molecule has 0 radical (unpaired) electrons. The Bertz CT molecular complexity index is 2040. The number of hydrogen-bond donors (Lipinski definition) is 5. The van der Waals surface area contributed by atoms with Gasteiger partial charge in [-0.2, -0.15) is 0 Å². The van der Waals surface area contributed by atoms with Crippen LogP contribution in [0.25, 0.3) is 6.08 Å². The van der Waals surface area contributed by atoms with Crippen LogP contribution in [-0.2, 0) is 11.2 Å². The van der Waals surface area contributed by atoms with E-state index in [-0.39, 0.29) is 57.8 Å². The maximum atomic E-state index is 14.1. The number of hydrogen-bond acceptors (Lipinski definition) is 9. The monoisotopic (exact) mass is 686 g/mol. The zero-order valence-electron chi connectivity index (χ0n) is 27.8. The van der Waals surface area contributed by atoms with E-state index in [9.17, 15) is 30.3 Å². The highest BCUT2D eigenvalue weighted by molar-refractivity contribution is 6.11. The highest BCUT2D eigenvalue weighted by Crippen LogP contribution is 2.60. The van der Waals surface area contributed by atoms with E-state index < -0.39 is 23.9 Å². The van der Waals surface area contributed by atoms with Gasteiger partial charge in [0.05, 0.1) is 19.3 Å². The van der Waals surface area contributed by atoms with Gasteiger partial charge < -0.3 is 39.7 Å². The number of allylic oxidation sites excluding steroid dienone is 1. The standard InChI is InChI=1S/C42H38O9/c1-49-36-23-35(48)37-33-22-32(20-6-24-2-12-28(43)13-3-24)50-40(26-8-16-30(45)17-9-26)38(33)41(27-10-18-31(46)19-11-27)51-42(37)39(36)34(47)21-7-25-4-14-29(44)15-5-25/h2-5,7-19,21,23,32-33,38,40-41,43-46,48H,6,20,22H2,1H3/b21-7+/t32-,33-,38?,40?,41-/m0/s1. The van der Waals surface area contributed by atoms with Crippen molar-refractivity contribution in [1.82, 2.24) is 0 Å². The van der Waals surface area contributed by atoms with Crippen molar-refractivity contribution in [3.8, 4) is 40.2 Å². The van der Waals surface area contributed by atoms with Gasteiger partial charge in [0, 0.05) is 23.5 Å². The molecule has 7 rings (SSSR count).